The maximum Gasteiger partial charge on any atom is 0.240 e. The van der Waals surface area contributed by atoms with Crippen molar-refractivity contribution in [2.45, 2.75) is 23.8 Å². The molecule has 0 bridgehead atoms. The molecule has 5 nitrogen and oxygen atoms in total. The minimum absolute atomic E-state index is 0.101. The van der Waals surface area contributed by atoms with Crippen LogP contribution < -0.4 is 10.0 Å². The van der Waals surface area contributed by atoms with Crippen LogP contribution in [-0.2, 0) is 14.8 Å². The first-order valence-corrected chi connectivity index (χ1v) is 10.3. The van der Waals surface area contributed by atoms with Crippen LogP contribution in [0.5, 0.6) is 0 Å². The maximum absolute atomic E-state index is 13.4. The SMILES string of the molecule is C=C(c1ccc(S(=O)(=O)NC2CCOCC2)cc1)c1ccc(F)cc1NC. The van der Waals surface area contributed by atoms with Crippen molar-refractivity contribution in [1.29, 1.82) is 0 Å². The molecule has 0 amide bonds. The van der Waals surface area contributed by atoms with E-state index < -0.39 is 10.0 Å². The molecule has 2 aromatic rings. The van der Waals surface area contributed by atoms with Gasteiger partial charge in [0.2, 0.25) is 10.0 Å². The summed E-state index contributed by atoms with van der Waals surface area (Å²) in [7, 11) is -1.87. The van der Waals surface area contributed by atoms with Gasteiger partial charge in [0.25, 0.3) is 0 Å². The van der Waals surface area contributed by atoms with E-state index in [4.69, 9.17) is 4.74 Å². The van der Waals surface area contributed by atoms with Gasteiger partial charge >= 0.3 is 0 Å². The molecule has 1 heterocycles. The number of hydrogen-bond acceptors (Lipinski definition) is 4. The van der Waals surface area contributed by atoms with Gasteiger partial charge in [-0.05, 0) is 54.3 Å². The van der Waals surface area contributed by atoms with Gasteiger partial charge in [0.1, 0.15) is 5.82 Å². The number of nitrogens with one attached hydrogen (secondary N) is 2. The predicted octanol–water partition coefficient (Wildman–Crippen LogP) is 3.39. The van der Waals surface area contributed by atoms with Crippen LogP contribution in [-0.4, -0.2) is 34.7 Å². The molecule has 0 aromatic heterocycles. The summed E-state index contributed by atoms with van der Waals surface area (Å²) in [5.74, 6) is -0.337. The predicted molar refractivity (Wildman–Crippen MR) is 105 cm³/mol. The van der Waals surface area contributed by atoms with Gasteiger partial charge in [-0.1, -0.05) is 18.7 Å². The lowest BCUT2D eigenvalue weighted by atomic mass is 9.98. The van der Waals surface area contributed by atoms with E-state index >= 15 is 0 Å². The van der Waals surface area contributed by atoms with Gasteiger partial charge in [0.15, 0.2) is 0 Å². The highest BCUT2D eigenvalue weighted by Gasteiger charge is 2.22. The van der Waals surface area contributed by atoms with Crippen molar-refractivity contribution in [1.82, 2.24) is 4.72 Å². The smallest absolute Gasteiger partial charge is 0.240 e. The normalized spacial score (nSPS) is 15.5. The van der Waals surface area contributed by atoms with E-state index in [-0.39, 0.29) is 16.8 Å². The van der Waals surface area contributed by atoms with Crippen LogP contribution in [0.3, 0.4) is 0 Å². The summed E-state index contributed by atoms with van der Waals surface area (Å²) in [5.41, 5.74) is 2.83. The Morgan fingerprint density at radius 1 is 1.15 bits per heavy atom. The van der Waals surface area contributed by atoms with Gasteiger partial charge in [-0.15, -0.1) is 0 Å². The van der Waals surface area contributed by atoms with Crippen molar-refractivity contribution in [3.63, 3.8) is 0 Å². The Morgan fingerprint density at radius 3 is 2.44 bits per heavy atom. The van der Waals surface area contributed by atoms with Gasteiger partial charge < -0.3 is 10.1 Å². The van der Waals surface area contributed by atoms with Gasteiger partial charge in [0, 0.05) is 37.6 Å². The van der Waals surface area contributed by atoms with Crippen LogP contribution in [0.25, 0.3) is 5.57 Å². The second-order valence-corrected chi connectivity index (χ2v) is 8.16. The quantitative estimate of drug-likeness (QED) is 0.794. The van der Waals surface area contributed by atoms with Crippen LogP contribution in [0, 0.1) is 5.82 Å². The lowest BCUT2D eigenvalue weighted by Crippen LogP contribution is -2.38. The van der Waals surface area contributed by atoms with Crippen LogP contribution >= 0.6 is 0 Å². The van der Waals surface area contributed by atoms with Crippen molar-refractivity contribution in [2.75, 3.05) is 25.6 Å². The van der Waals surface area contributed by atoms with Crippen molar-refractivity contribution >= 4 is 21.3 Å². The standard InChI is InChI=1S/C20H23FN2O3S/c1-14(19-8-5-16(21)13-20(19)22-2)15-3-6-18(7-4-15)27(24,25)23-17-9-11-26-12-10-17/h3-8,13,17,22-23H,1,9-12H2,2H3. The highest BCUT2D eigenvalue weighted by molar-refractivity contribution is 7.89. The summed E-state index contributed by atoms with van der Waals surface area (Å²) in [5, 5.41) is 2.95. The summed E-state index contributed by atoms with van der Waals surface area (Å²) in [4.78, 5) is 0.207. The monoisotopic (exact) mass is 390 g/mol. The number of rotatable bonds is 6. The minimum Gasteiger partial charge on any atom is -0.388 e. The highest BCUT2D eigenvalue weighted by Crippen LogP contribution is 2.29. The molecular formula is C20H23FN2O3S. The Kier molecular flexibility index (Phi) is 5.94. The molecule has 0 aliphatic carbocycles. The molecule has 1 aliphatic rings. The lowest BCUT2D eigenvalue weighted by molar-refractivity contribution is 0.0832. The Labute approximate surface area is 159 Å². The van der Waals surface area contributed by atoms with E-state index in [1.165, 1.54) is 12.1 Å². The molecular weight excluding hydrogens is 367 g/mol. The van der Waals surface area contributed by atoms with Crippen molar-refractivity contribution in [2.24, 2.45) is 0 Å². The molecule has 1 fully saturated rings. The second kappa shape index (κ2) is 8.21. The number of anilines is 1. The molecule has 0 spiro atoms. The third-order valence-corrected chi connectivity index (χ3v) is 6.17. The summed E-state index contributed by atoms with van der Waals surface area (Å²) in [6.45, 7) is 5.21. The van der Waals surface area contributed by atoms with Crippen LogP contribution in [0.1, 0.15) is 24.0 Å². The third-order valence-electron chi connectivity index (χ3n) is 4.63. The first-order chi connectivity index (χ1) is 12.9. The van der Waals surface area contributed by atoms with E-state index in [0.717, 1.165) is 11.1 Å². The zero-order valence-corrected chi connectivity index (χ0v) is 16.0. The zero-order valence-electron chi connectivity index (χ0n) is 15.2. The fourth-order valence-electron chi connectivity index (χ4n) is 3.08. The number of hydrogen-bond donors (Lipinski definition) is 2. The number of ether oxygens (including phenoxy) is 1. The Morgan fingerprint density at radius 2 is 1.81 bits per heavy atom. The molecule has 2 N–H and O–H groups in total. The highest BCUT2D eigenvalue weighted by atomic mass is 32.2. The van der Waals surface area contributed by atoms with Gasteiger partial charge in [-0.3, -0.25) is 0 Å². The lowest BCUT2D eigenvalue weighted by Gasteiger charge is -2.23. The first kappa shape index (κ1) is 19.5. The molecule has 7 heteroatoms. The van der Waals surface area contributed by atoms with Crippen LogP contribution in [0.4, 0.5) is 10.1 Å². The molecule has 144 valence electrons. The average Bonchev–Trinajstić information content (AvgIpc) is 2.68. The van der Waals surface area contributed by atoms with Gasteiger partial charge in [0.05, 0.1) is 4.90 Å². The summed E-state index contributed by atoms with van der Waals surface area (Å²) < 4.78 is 46.5. The fraction of sp³-hybridized carbons (Fsp3) is 0.300. The molecule has 0 radical (unpaired) electrons. The largest absolute Gasteiger partial charge is 0.388 e. The first-order valence-electron chi connectivity index (χ1n) is 8.78. The molecule has 2 aromatic carbocycles. The van der Waals surface area contributed by atoms with Crippen LogP contribution in [0.15, 0.2) is 53.9 Å². The van der Waals surface area contributed by atoms with E-state index in [2.05, 4.69) is 16.6 Å². The van der Waals surface area contributed by atoms with E-state index in [1.54, 1.807) is 37.4 Å². The topological polar surface area (TPSA) is 67.4 Å². The molecule has 1 aliphatic heterocycles. The molecule has 0 unspecified atom stereocenters. The second-order valence-electron chi connectivity index (χ2n) is 6.45. The van der Waals surface area contributed by atoms with E-state index in [0.29, 0.717) is 37.3 Å². The number of sulfonamides is 1. The fourth-order valence-corrected chi connectivity index (χ4v) is 4.39. The van der Waals surface area contributed by atoms with Crippen molar-refractivity contribution < 1.29 is 17.5 Å². The van der Waals surface area contributed by atoms with Gasteiger partial charge in [-0.2, -0.15) is 0 Å². The summed E-state index contributed by atoms with van der Waals surface area (Å²) >= 11 is 0. The van der Waals surface area contributed by atoms with Crippen LogP contribution in [0.2, 0.25) is 0 Å². The Balaban J connectivity index is 1.79. The van der Waals surface area contributed by atoms with E-state index in [1.807, 2.05) is 0 Å². The zero-order chi connectivity index (χ0) is 19.4. The Hall–Kier alpha value is -2.22. The molecule has 1 saturated heterocycles. The van der Waals surface area contributed by atoms with Crippen molar-refractivity contribution in [3.05, 3.63) is 66.0 Å². The summed E-state index contributed by atoms with van der Waals surface area (Å²) in [6.07, 6.45) is 1.34. The third kappa shape index (κ3) is 4.55. The molecule has 3 rings (SSSR count). The minimum atomic E-state index is -3.58. The van der Waals surface area contributed by atoms with Crippen molar-refractivity contribution in [3.8, 4) is 0 Å². The van der Waals surface area contributed by atoms with Gasteiger partial charge in [-0.25, -0.2) is 17.5 Å². The molecule has 0 saturated carbocycles. The molecule has 27 heavy (non-hydrogen) atoms. The average molecular weight is 390 g/mol. The van der Waals surface area contributed by atoms with E-state index in [9.17, 15) is 12.8 Å². The number of halogens is 1. The molecule has 0 atom stereocenters. The number of benzene rings is 2. The maximum atomic E-state index is 13.4. The summed E-state index contributed by atoms with van der Waals surface area (Å²) in [6, 6.07) is 10.9. The Bertz CT molecular complexity index is 921.